The molecule has 1 rings (SSSR count). The molecule has 0 aromatic rings. The van der Waals surface area contributed by atoms with E-state index < -0.39 is 22.3 Å². The number of nitro groups is 1. The van der Waals surface area contributed by atoms with Gasteiger partial charge < -0.3 is 10.1 Å². The van der Waals surface area contributed by atoms with Gasteiger partial charge in [0, 0.05) is 18.2 Å². The maximum Gasteiger partial charge on any atom is 0.310 e. The second-order valence-corrected chi connectivity index (χ2v) is 4.90. The molecule has 0 saturated heterocycles. The highest BCUT2D eigenvalue weighted by Gasteiger charge is 2.29. The van der Waals surface area contributed by atoms with Crippen molar-refractivity contribution in [2.75, 3.05) is 14.2 Å². The van der Waals surface area contributed by atoms with E-state index in [0.717, 1.165) is 0 Å². The van der Waals surface area contributed by atoms with Crippen LogP contribution in [-0.4, -0.2) is 36.5 Å². The number of hydrogen-bond donors (Lipinski definition) is 1. The Morgan fingerprint density at radius 2 is 2.33 bits per heavy atom. The Morgan fingerprint density at radius 1 is 1.67 bits per heavy atom. The number of ether oxygens (including phenoxy) is 1. The van der Waals surface area contributed by atoms with Crippen LogP contribution in [0.25, 0.3) is 0 Å². The lowest BCUT2D eigenvalue weighted by Gasteiger charge is -2.18. The summed E-state index contributed by atoms with van der Waals surface area (Å²) in [5, 5.41) is 12.9. The van der Waals surface area contributed by atoms with Crippen LogP contribution in [0, 0.1) is 10.1 Å². The first-order chi connectivity index (χ1) is 9.90. The Kier molecular flexibility index (Phi) is 6.17. The van der Waals surface area contributed by atoms with E-state index in [1.807, 2.05) is 0 Å². The number of rotatable bonds is 6. The summed E-state index contributed by atoms with van der Waals surface area (Å²) in [7, 11) is 3.00. The van der Waals surface area contributed by atoms with Gasteiger partial charge in [-0.25, -0.2) is 0 Å². The standard InChI is InChI=1S/C14H17ClN2O4/c1-9(11(8-16-2)7-14(18)21-3)10-4-5-13(17(19)20)12(15)6-10/h4-6,8,12-13,16H,1,7H2,2-3H3/b11-8-/t12-,13?/m1/s1. The first-order valence-corrected chi connectivity index (χ1v) is 6.64. The average Bonchev–Trinajstić information content (AvgIpc) is 2.45. The molecule has 0 fully saturated rings. The Labute approximate surface area is 128 Å². The highest BCUT2D eigenvalue weighted by Crippen LogP contribution is 2.27. The number of nitrogens with zero attached hydrogens (tertiary/aromatic N) is 1. The number of carbonyl (C=O) groups is 1. The lowest BCUT2D eigenvalue weighted by atomic mass is 9.92. The molecule has 0 spiro atoms. The quantitative estimate of drug-likeness (QED) is 0.266. The van der Waals surface area contributed by atoms with Crippen LogP contribution in [0.4, 0.5) is 0 Å². The van der Waals surface area contributed by atoms with Crippen LogP contribution in [0.15, 0.2) is 47.7 Å². The van der Waals surface area contributed by atoms with Crippen molar-refractivity contribution in [3.63, 3.8) is 0 Å². The van der Waals surface area contributed by atoms with Gasteiger partial charge in [0.25, 0.3) is 6.04 Å². The predicted octanol–water partition coefficient (Wildman–Crippen LogP) is 1.96. The van der Waals surface area contributed by atoms with Gasteiger partial charge in [-0.2, -0.15) is 0 Å². The van der Waals surface area contributed by atoms with E-state index in [1.165, 1.54) is 13.2 Å². The second-order valence-electron chi connectivity index (χ2n) is 4.39. The summed E-state index contributed by atoms with van der Waals surface area (Å²) in [6.07, 6.45) is 6.27. The minimum atomic E-state index is -0.958. The number of methoxy groups -OCH3 is 1. The fraction of sp³-hybridized carbons (Fsp3) is 0.357. The van der Waals surface area contributed by atoms with Crippen molar-refractivity contribution in [2.45, 2.75) is 17.8 Å². The zero-order valence-electron chi connectivity index (χ0n) is 11.8. The van der Waals surface area contributed by atoms with E-state index in [2.05, 4.69) is 16.6 Å². The monoisotopic (exact) mass is 312 g/mol. The summed E-state index contributed by atoms with van der Waals surface area (Å²) >= 11 is 5.99. The fourth-order valence-corrected chi connectivity index (χ4v) is 2.17. The Morgan fingerprint density at radius 3 is 2.81 bits per heavy atom. The van der Waals surface area contributed by atoms with Gasteiger partial charge in [-0.05, 0) is 22.8 Å². The topological polar surface area (TPSA) is 81.5 Å². The van der Waals surface area contributed by atoms with Gasteiger partial charge in [0.05, 0.1) is 13.5 Å². The smallest absolute Gasteiger partial charge is 0.310 e. The van der Waals surface area contributed by atoms with E-state index >= 15 is 0 Å². The maximum absolute atomic E-state index is 11.4. The third-order valence-electron chi connectivity index (χ3n) is 3.00. The van der Waals surface area contributed by atoms with Crippen LogP contribution < -0.4 is 5.32 Å². The van der Waals surface area contributed by atoms with Crippen molar-refractivity contribution in [3.05, 3.63) is 57.8 Å². The zero-order chi connectivity index (χ0) is 16.0. The fourth-order valence-electron chi connectivity index (χ4n) is 1.85. The molecule has 21 heavy (non-hydrogen) atoms. The first kappa shape index (κ1) is 17.0. The van der Waals surface area contributed by atoms with Gasteiger partial charge in [-0.15, -0.1) is 11.6 Å². The SMILES string of the molecule is C=C(C1=C[C@@H](Cl)C([N+](=O)[O-])C=C1)/C(=C\NC)CC(=O)OC. The number of halogens is 1. The van der Waals surface area contributed by atoms with Crippen molar-refractivity contribution >= 4 is 17.6 Å². The largest absolute Gasteiger partial charge is 0.469 e. The van der Waals surface area contributed by atoms with Crippen LogP contribution in [-0.2, 0) is 9.53 Å². The van der Waals surface area contributed by atoms with Crippen LogP contribution >= 0.6 is 11.6 Å². The first-order valence-electron chi connectivity index (χ1n) is 6.21. The zero-order valence-corrected chi connectivity index (χ0v) is 12.6. The maximum atomic E-state index is 11.4. The molecule has 7 heteroatoms. The van der Waals surface area contributed by atoms with E-state index in [9.17, 15) is 14.9 Å². The Bertz CT molecular complexity index is 537. The van der Waals surface area contributed by atoms with Crippen LogP contribution in [0.1, 0.15) is 6.42 Å². The predicted molar refractivity (Wildman–Crippen MR) is 80.6 cm³/mol. The average molecular weight is 313 g/mol. The molecule has 0 amide bonds. The molecule has 0 radical (unpaired) electrons. The van der Waals surface area contributed by atoms with Gasteiger partial charge in [0.15, 0.2) is 0 Å². The number of hydrogen-bond acceptors (Lipinski definition) is 5. The molecule has 2 atom stereocenters. The van der Waals surface area contributed by atoms with E-state index in [0.29, 0.717) is 16.7 Å². The summed E-state index contributed by atoms with van der Waals surface area (Å²) in [4.78, 5) is 21.8. The van der Waals surface area contributed by atoms with Crippen LogP contribution in [0.3, 0.4) is 0 Å². The molecule has 114 valence electrons. The minimum Gasteiger partial charge on any atom is -0.469 e. The molecular weight excluding hydrogens is 296 g/mol. The molecule has 1 aliphatic carbocycles. The molecule has 0 aromatic heterocycles. The Hall–Kier alpha value is -2.08. The van der Waals surface area contributed by atoms with Crippen molar-refractivity contribution in [1.82, 2.24) is 5.32 Å². The minimum absolute atomic E-state index is 0.0486. The lowest BCUT2D eigenvalue weighted by Crippen LogP contribution is -2.28. The van der Waals surface area contributed by atoms with Crippen molar-refractivity contribution in [2.24, 2.45) is 0 Å². The third-order valence-corrected chi connectivity index (χ3v) is 3.38. The third kappa shape index (κ3) is 4.46. The van der Waals surface area contributed by atoms with Crippen molar-refractivity contribution < 1.29 is 14.5 Å². The van der Waals surface area contributed by atoms with Crippen molar-refractivity contribution in [1.29, 1.82) is 0 Å². The van der Waals surface area contributed by atoms with Crippen LogP contribution in [0.2, 0.25) is 0 Å². The number of esters is 1. The highest BCUT2D eigenvalue weighted by molar-refractivity contribution is 6.22. The molecule has 1 aliphatic rings. The molecule has 0 saturated carbocycles. The molecule has 0 aromatic carbocycles. The van der Waals surface area contributed by atoms with Gasteiger partial charge >= 0.3 is 5.97 Å². The van der Waals surface area contributed by atoms with E-state index in [-0.39, 0.29) is 6.42 Å². The number of carbonyl (C=O) groups excluding carboxylic acids is 1. The molecule has 0 aliphatic heterocycles. The lowest BCUT2D eigenvalue weighted by molar-refractivity contribution is -0.507. The molecular formula is C14H17ClN2O4. The van der Waals surface area contributed by atoms with E-state index in [4.69, 9.17) is 11.6 Å². The van der Waals surface area contributed by atoms with Gasteiger partial charge in [-0.1, -0.05) is 18.7 Å². The van der Waals surface area contributed by atoms with E-state index in [1.54, 1.807) is 25.4 Å². The summed E-state index contributed by atoms with van der Waals surface area (Å²) < 4.78 is 4.63. The second kappa shape index (κ2) is 7.64. The van der Waals surface area contributed by atoms with Crippen LogP contribution in [0.5, 0.6) is 0 Å². The number of allylic oxidation sites excluding steroid dienone is 3. The summed E-state index contributed by atoms with van der Waals surface area (Å²) in [6, 6.07) is -0.958. The highest BCUT2D eigenvalue weighted by atomic mass is 35.5. The van der Waals surface area contributed by atoms with Gasteiger partial charge in [0.2, 0.25) is 0 Å². The molecule has 0 bridgehead atoms. The normalized spacial score (nSPS) is 21.5. The molecule has 0 heterocycles. The summed E-state index contributed by atoms with van der Waals surface area (Å²) in [6.45, 7) is 3.92. The number of alkyl halides is 1. The Balaban J connectivity index is 2.94. The summed E-state index contributed by atoms with van der Waals surface area (Å²) in [5.74, 6) is -0.399. The van der Waals surface area contributed by atoms with Gasteiger partial charge in [0.1, 0.15) is 5.38 Å². The molecule has 1 unspecified atom stereocenters. The number of nitrogens with one attached hydrogen (secondary N) is 1. The molecule has 6 nitrogen and oxygen atoms in total. The molecule has 1 N–H and O–H groups in total. The summed E-state index contributed by atoms with van der Waals surface area (Å²) in [5.41, 5.74) is 1.85. The van der Waals surface area contributed by atoms with Crippen molar-refractivity contribution in [3.8, 4) is 0 Å². The van der Waals surface area contributed by atoms with Gasteiger partial charge in [-0.3, -0.25) is 14.9 Å².